The molecule has 0 saturated heterocycles. The number of aliphatic hydroxyl groups excluding tert-OH is 1. The fourth-order valence-corrected chi connectivity index (χ4v) is 5.88. The van der Waals surface area contributed by atoms with Crippen LogP contribution in [-0.2, 0) is 21.2 Å². The topological polar surface area (TPSA) is 74.7 Å². The van der Waals surface area contributed by atoms with Crippen molar-refractivity contribution < 1.29 is 18.3 Å². The number of carbonyl (C=O) groups is 1. The van der Waals surface area contributed by atoms with Crippen molar-refractivity contribution in [3.05, 3.63) is 106 Å². The van der Waals surface area contributed by atoms with Crippen molar-refractivity contribution in [1.82, 2.24) is 4.90 Å². The van der Waals surface area contributed by atoms with E-state index in [0.29, 0.717) is 5.56 Å². The zero-order chi connectivity index (χ0) is 22.9. The van der Waals surface area contributed by atoms with Crippen LogP contribution in [0.5, 0.6) is 0 Å². The lowest BCUT2D eigenvalue weighted by atomic mass is 10.1. The molecule has 0 unspecified atom stereocenters. The molecule has 1 aliphatic rings. The maximum Gasteiger partial charge on any atom is 0.290 e. The first-order chi connectivity index (χ1) is 15.3. The second-order valence-corrected chi connectivity index (χ2v) is 10.4. The maximum atomic E-state index is 13.5. The molecule has 1 atom stereocenters. The van der Waals surface area contributed by atoms with E-state index < -0.39 is 27.5 Å². The van der Waals surface area contributed by atoms with Gasteiger partial charge < -0.3 is 10.0 Å². The van der Waals surface area contributed by atoms with Crippen molar-refractivity contribution in [3.63, 3.8) is 0 Å². The maximum absolute atomic E-state index is 13.5. The third kappa shape index (κ3) is 4.06. The van der Waals surface area contributed by atoms with Crippen LogP contribution in [0.15, 0.2) is 99.3 Å². The minimum absolute atomic E-state index is 0.0391. The zero-order valence-corrected chi connectivity index (χ0v) is 19.4. The second-order valence-electron chi connectivity index (χ2n) is 7.62. The Morgan fingerprint density at radius 1 is 0.938 bits per heavy atom. The molecule has 0 spiro atoms. The molecule has 0 radical (unpaired) electrons. The molecule has 1 aliphatic heterocycles. The Labute approximate surface area is 192 Å². The van der Waals surface area contributed by atoms with Crippen molar-refractivity contribution in [3.8, 4) is 0 Å². The van der Waals surface area contributed by atoms with Gasteiger partial charge in [-0.1, -0.05) is 60.2 Å². The van der Waals surface area contributed by atoms with Gasteiger partial charge in [-0.15, -0.1) is 11.8 Å². The highest BCUT2D eigenvalue weighted by atomic mass is 32.2. The monoisotopic (exact) mass is 465 g/mol. The zero-order valence-electron chi connectivity index (χ0n) is 17.7. The number of benzene rings is 3. The summed E-state index contributed by atoms with van der Waals surface area (Å²) in [5, 5.41) is 10.8. The number of carbonyl (C=O) groups excluding carboxylic acids is 1. The number of rotatable bonds is 6. The van der Waals surface area contributed by atoms with Crippen LogP contribution in [0, 0.1) is 6.92 Å². The Bertz CT molecular complexity index is 1270. The number of nitrogens with zero attached hydrogens (tertiary/aromatic N) is 1. The fourth-order valence-electron chi connectivity index (χ4n) is 3.80. The number of aliphatic hydroxyl groups is 1. The first-order valence-electron chi connectivity index (χ1n) is 10.1. The van der Waals surface area contributed by atoms with Gasteiger partial charge in [-0.25, -0.2) is 8.42 Å². The molecular formula is C25H23NO4S2. The quantitative estimate of drug-likeness (QED) is 0.516. The van der Waals surface area contributed by atoms with E-state index in [4.69, 9.17) is 0 Å². The van der Waals surface area contributed by atoms with E-state index in [1.165, 1.54) is 17.0 Å². The lowest BCUT2D eigenvalue weighted by Crippen LogP contribution is -2.30. The lowest BCUT2D eigenvalue weighted by Gasteiger charge is -2.27. The lowest BCUT2D eigenvalue weighted by molar-refractivity contribution is -0.130. The highest BCUT2D eigenvalue weighted by molar-refractivity contribution is 7.98. The molecule has 5 nitrogen and oxygen atoms in total. The van der Waals surface area contributed by atoms with Gasteiger partial charge in [0.2, 0.25) is 9.84 Å². The summed E-state index contributed by atoms with van der Waals surface area (Å²) >= 11 is 1.57. The molecule has 0 fully saturated rings. The van der Waals surface area contributed by atoms with E-state index in [9.17, 15) is 18.3 Å². The van der Waals surface area contributed by atoms with Crippen LogP contribution in [0.25, 0.3) is 0 Å². The summed E-state index contributed by atoms with van der Waals surface area (Å²) in [6.45, 7) is 2.14. The van der Waals surface area contributed by atoms with Gasteiger partial charge in [0.15, 0.2) is 5.76 Å². The van der Waals surface area contributed by atoms with E-state index in [1.54, 1.807) is 30.0 Å². The number of amides is 1. The van der Waals surface area contributed by atoms with Gasteiger partial charge in [-0.3, -0.25) is 4.79 Å². The van der Waals surface area contributed by atoms with Crippen molar-refractivity contribution in [1.29, 1.82) is 0 Å². The molecule has 164 valence electrons. The van der Waals surface area contributed by atoms with Crippen molar-refractivity contribution >= 4 is 27.5 Å². The Hall–Kier alpha value is -3.03. The highest BCUT2D eigenvalue weighted by Gasteiger charge is 2.46. The average Bonchev–Trinajstić information content (AvgIpc) is 3.06. The number of aryl methyl sites for hydroxylation is 1. The van der Waals surface area contributed by atoms with Gasteiger partial charge in [0.05, 0.1) is 10.9 Å². The first-order valence-corrected chi connectivity index (χ1v) is 12.8. The highest BCUT2D eigenvalue weighted by Crippen LogP contribution is 2.43. The van der Waals surface area contributed by atoms with Gasteiger partial charge in [-0.2, -0.15) is 0 Å². The molecule has 1 N–H and O–H groups in total. The molecule has 3 aromatic carbocycles. The Morgan fingerprint density at radius 3 is 2.16 bits per heavy atom. The molecule has 7 heteroatoms. The predicted octanol–water partition coefficient (Wildman–Crippen LogP) is 5.04. The Morgan fingerprint density at radius 2 is 1.56 bits per heavy atom. The summed E-state index contributed by atoms with van der Waals surface area (Å²) in [6.07, 6.45) is 1.95. The Balaban J connectivity index is 1.84. The van der Waals surface area contributed by atoms with E-state index in [1.807, 2.05) is 61.7 Å². The minimum Gasteiger partial charge on any atom is -0.502 e. The number of hydrogen-bond acceptors (Lipinski definition) is 5. The van der Waals surface area contributed by atoms with Gasteiger partial charge in [-0.05, 0) is 48.6 Å². The third-order valence-corrected chi connectivity index (χ3v) is 8.14. The average molecular weight is 466 g/mol. The minimum atomic E-state index is -4.10. The van der Waals surface area contributed by atoms with Gasteiger partial charge >= 0.3 is 0 Å². The van der Waals surface area contributed by atoms with Gasteiger partial charge in [0.1, 0.15) is 4.91 Å². The van der Waals surface area contributed by atoms with Crippen LogP contribution in [0.3, 0.4) is 0 Å². The molecule has 0 aromatic heterocycles. The number of hydrogen-bond donors (Lipinski definition) is 1. The van der Waals surface area contributed by atoms with Crippen LogP contribution in [-0.4, -0.2) is 30.6 Å². The van der Waals surface area contributed by atoms with Crippen LogP contribution in [0.2, 0.25) is 0 Å². The standard InChI is InChI=1S/C25H23NO4S2/c1-17-8-10-18(11-9-17)16-26-22(19-12-14-20(31-2)15-13-19)24(23(27)25(26)28)32(29,30)21-6-4-3-5-7-21/h3-15,22,27H,16H2,1-2H3/t22-/m1/s1. The molecule has 1 heterocycles. The second kappa shape index (κ2) is 8.84. The van der Waals surface area contributed by atoms with Crippen LogP contribution >= 0.6 is 11.8 Å². The molecular weight excluding hydrogens is 442 g/mol. The molecule has 0 bridgehead atoms. The van der Waals surface area contributed by atoms with Crippen molar-refractivity contribution in [2.24, 2.45) is 0 Å². The molecule has 0 saturated carbocycles. The molecule has 3 aromatic rings. The third-order valence-electron chi connectivity index (χ3n) is 5.50. The smallest absolute Gasteiger partial charge is 0.290 e. The largest absolute Gasteiger partial charge is 0.502 e. The normalized spacial score (nSPS) is 16.6. The molecule has 1 amide bonds. The first kappa shape index (κ1) is 22.2. The van der Waals surface area contributed by atoms with E-state index in [-0.39, 0.29) is 16.3 Å². The number of sulfone groups is 1. The van der Waals surface area contributed by atoms with Gasteiger partial charge in [0.25, 0.3) is 5.91 Å². The summed E-state index contributed by atoms with van der Waals surface area (Å²) in [6, 6.07) is 22.0. The van der Waals surface area contributed by atoms with Gasteiger partial charge in [0, 0.05) is 11.4 Å². The molecule has 32 heavy (non-hydrogen) atoms. The van der Waals surface area contributed by atoms with E-state index >= 15 is 0 Å². The molecule has 4 rings (SSSR count). The summed E-state index contributed by atoms with van der Waals surface area (Å²) in [5.74, 6) is -1.42. The summed E-state index contributed by atoms with van der Waals surface area (Å²) < 4.78 is 27.1. The molecule has 0 aliphatic carbocycles. The number of thioether (sulfide) groups is 1. The van der Waals surface area contributed by atoms with Crippen molar-refractivity contribution in [2.45, 2.75) is 29.3 Å². The fraction of sp³-hybridized carbons (Fsp3) is 0.160. The Kier molecular flexibility index (Phi) is 6.13. The van der Waals surface area contributed by atoms with E-state index in [0.717, 1.165) is 16.0 Å². The van der Waals surface area contributed by atoms with Crippen LogP contribution in [0.1, 0.15) is 22.7 Å². The summed E-state index contributed by atoms with van der Waals surface area (Å²) in [4.78, 5) is 15.3. The SMILES string of the molecule is CSc1ccc([C@@H]2C(S(=O)(=O)c3ccccc3)=C(O)C(=O)N2Cc2ccc(C)cc2)cc1. The van der Waals surface area contributed by atoms with Crippen molar-refractivity contribution in [2.75, 3.05) is 6.26 Å². The predicted molar refractivity (Wildman–Crippen MR) is 126 cm³/mol. The van der Waals surface area contributed by atoms with E-state index in [2.05, 4.69) is 0 Å². The summed E-state index contributed by atoms with van der Waals surface area (Å²) in [7, 11) is -4.10. The van der Waals surface area contributed by atoms with Crippen LogP contribution in [0.4, 0.5) is 0 Å². The summed E-state index contributed by atoms with van der Waals surface area (Å²) in [5.41, 5.74) is 2.56. The van der Waals surface area contributed by atoms with Crippen LogP contribution < -0.4 is 0 Å².